The van der Waals surface area contributed by atoms with Crippen LogP contribution in [0.25, 0.3) is 0 Å². The lowest BCUT2D eigenvalue weighted by atomic mass is 10.0. The summed E-state index contributed by atoms with van der Waals surface area (Å²) in [6, 6.07) is 1.38. The third-order valence-electron chi connectivity index (χ3n) is 4.53. The summed E-state index contributed by atoms with van der Waals surface area (Å²) < 4.78 is 16.0. The molecule has 2 atom stereocenters. The number of piperazine rings is 1. The fourth-order valence-corrected chi connectivity index (χ4v) is 3.02. The van der Waals surface area contributed by atoms with Crippen molar-refractivity contribution < 1.29 is 14.2 Å². The van der Waals surface area contributed by atoms with Crippen LogP contribution in [0.15, 0.2) is 0 Å². The van der Waals surface area contributed by atoms with Crippen molar-refractivity contribution in [1.82, 2.24) is 10.2 Å². The van der Waals surface area contributed by atoms with Gasteiger partial charge in [-0.05, 0) is 25.2 Å². The Morgan fingerprint density at radius 2 is 1.76 bits per heavy atom. The smallest absolute Gasteiger partial charge is 0.0701 e. The molecule has 2 fully saturated rings. The van der Waals surface area contributed by atoms with Crippen LogP contribution in [0.2, 0.25) is 0 Å². The molecule has 0 aromatic carbocycles. The predicted molar refractivity (Wildman–Crippen MR) is 83.7 cm³/mol. The third kappa shape index (κ3) is 6.20. The van der Waals surface area contributed by atoms with Crippen LogP contribution in [-0.2, 0) is 14.2 Å². The summed E-state index contributed by atoms with van der Waals surface area (Å²) in [5, 5.41) is 3.69. The molecule has 0 aromatic heterocycles. The fourth-order valence-electron chi connectivity index (χ4n) is 3.02. The normalized spacial score (nSPS) is 27.1. The van der Waals surface area contributed by atoms with Crippen LogP contribution in [0.5, 0.6) is 0 Å². The number of ether oxygens (including phenoxy) is 3. The molecule has 2 unspecified atom stereocenters. The number of nitrogens with zero attached hydrogens (tertiary/aromatic N) is 1. The van der Waals surface area contributed by atoms with Gasteiger partial charge in [0.25, 0.3) is 0 Å². The van der Waals surface area contributed by atoms with Crippen molar-refractivity contribution in [3.63, 3.8) is 0 Å². The van der Waals surface area contributed by atoms with Gasteiger partial charge in [0, 0.05) is 38.8 Å². The van der Waals surface area contributed by atoms with E-state index >= 15 is 0 Å². The average Bonchev–Trinajstić information content (AvgIpc) is 3.34. The van der Waals surface area contributed by atoms with Gasteiger partial charge in [-0.3, -0.25) is 4.90 Å². The minimum absolute atomic E-state index is 0.650. The van der Waals surface area contributed by atoms with E-state index in [0.29, 0.717) is 32.5 Å². The summed E-state index contributed by atoms with van der Waals surface area (Å²) >= 11 is 0. The number of hydrogen-bond acceptors (Lipinski definition) is 5. The number of methoxy groups -OCH3 is 1. The highest BCUT2D eigenvalue weighted by atomic mass is 16.5. The molecule has 1 saturated carbocycles. The Morgan fingerprint density at radius 1 is 1.05 bits per heavy atom. The van der Waals surface area contributed by atoms with E-state index in [0.717, 1.165) is 31.7 Å². The Kier molecular flexibility index (Phi) is 7.96. The van der Waals surface area contributed by atoms with E-state index in [2.05, 4.69) is 17.1 Å². The first-order valence-electron chi connectivity index (χ1n) is 8.47. The Balaban J connectivity index is 1.56. The topological polar surface area (TPSA) is 43.0 Å². The van der Waals surface area contributed by atoms with Crippen molar-refractivity contribution in [3.05, 3.63) is 0 Å². The van der Waals surface area contributed by atoms with Gasteiger partial charge in [0.2, 0.25) is 0 Å². The largest absolute Gasteiger partial charge is 0.382 e. The van der Waals surface area contributed by atoms with E-state index < -0.39 is 0 Å². The average molecular weight is 300 g/mol. The molecule has 124 valence electrons. The molecular formula is C16H32N2O3. The fraction of sp³-hybridized carbons (Fsp3) is 1.00. The standard InChI is InChI=1S/C16H32N2O3/c1-3-15-13-18(16(12-17-15)14-4-5-14)6-7-20-10-11-21-9-8-19-2/h14-17H,3-13H2,1-2H3. The maximum Gasteiger partial charge on any atom is 0.0701 e. The number of hydrogen-bond donors (Lipinski definition) is 1. The zero-order valence-electron chi connectivity index (χ0n) is 13.7. The minimum Gasteiger partial charge on any atom is -0.382 e. The molecule has 5 heteroatoms. The molecule has 1 N–H and O–H groups in total. The second-order valence-electron chi connectivity index (χ2n) is 6.13. The highest BCUT2D eigenvalue weighted by Crippen LogP contribution is 2.36. The van der Waals surface area contributed by atoms with E-state index in [1.54, 1.807) is 7.11 Å². The molecule has 1 aliphatic heterocycles. The molecule has 2 aliphatic rings. The molecule has 21 heavy (non-hydrogen) atoms. The summed E-state index contributed by atoms with van der Waals surface area (Å²) in [5.74, 6) is 0.924. The first-order chi connectivity index (χ1) is 10.3. The molecule has 2 rings (SSSR count). The van der Waals surface area contributed by atoms with Crippen LogP contribution >= 0.6 is 0 Å². The summed E-state index contributed by atoms with van der Waals surface area (Å²) in [6.45, 7) is 9.11. The number of rotatable bonds is 11. The lowest BCUT2D eigenvalue weighted by Gasteiger charge is -2.40. The van der Waals surface area contributed by atoms with Crippen LogP contribution in [-0.4, -0.2) is 76.8 Å². The van der Waals surface area contributed by atoms with Crippen molar-refractivity contribution in [3.8, 4) is 0 Å². The molecule has 1 heterocycles. The van der Waals surface area contributed by atoms with Crippen LogP contribution in [0.3, 0.4) is 0 Å². The SMILES string of the molecule is CCC1CN(CCOCCOCCOC)C(C2CC2)CN1. The minimum atomic E-state index is 0.650. The van der Waals surface area contributed by atoms with Gasteiger partial charge in [-0.25, -0.2) is 0 Å². The van der Waals surface area contributed by atoms with Crippen molar-refractivity contribution in [2.45, 2.75) is 38.3 Å². The van der Waals surface area contributed by atoms with E-state index in [1.807, 2.05) is 0 Å². The molecule has 0 radical (unpaired) electrons. The van der Waals surface area contributed by atoms with E-state index in [9.17, 15) is 0 Å². The Hall–Kier alpha value is -0.200. The first kappa shape index (κ1) is 17.2. The zero-order valence-corrected chi connectivity index (χ0v) is 13.7. The summed E-state index contributed by atoms with van der Waals surface area (Å²) in [4.78, 5) is 2.65. The first-order valence-corrected chi connectivity index (χ1v) is 8.47. The summed E-state index contributed by atoms with van der Waals surface area (Å²) in [5.41, 5.74) is 0. The monoisotopic (exact) mass is 300 g/mol. The molecule has 1 saturated heterocycles. The van der Waals surface area contributed by atoms with Crippen LogP contribution in [0, 0.1) is 5.92 Å². The van der Waals surface area contributed by atoms with Crippen molar-refractivity contribution in [2.24, 2.45) is 5.92 Å². The van der Waals surface area contributed by atoms with Crippen LogP contribution in [0.1, 0.15) is 26.2 Å². The Bertz CT molecular complexity index is 274. The van der Waals surface area contributed by atoms with Gasteiger partial charge in [0.1, 0.15) is 0 Å². The van der Waals surface area contributed by atoms with Gasteiger partial charge in [0.15, 0.2) is 0 Å². The van der Waals surface area contributed by atoms with Crippen LogP contribution in [0.4, 0.5) is 0 Å². The van der Waals surface area contributed by atoms with E-state index in [1.165, 1.54) is 25.8 Å². The lowest BCUT2D eigenvalue weighted by molar-refractivity contribution is 0.0108. The second-order valence-corrected chi connectivity index (χ2v) is 6.13. The van der Waals surface area contributed by atoms with Gasteiger partial charge in [-0.1, -0.05) is 6.92 Å². The van der Waals surface area contributed by atoms with Gasteiger partial charge in [-0.15, -0.1) is 0 Å². The van der Waals surface area contributed by atoms with E-state index in [-0.39, 0.29) is 0 Å². The highest BCUT2D eigenvalue weighted by Gasteiger charge is 2.38. The quantitative estimate of drug-likeness (QED) is 0.579. The molecule has 5 nitrogen and oxygen atoms in total. The third-order valence-corrected chi connectivity index (χ3v) is 4.53. The van der Waals surface area contributed by atoms with Crippen molar-refractivity contribution >= 4 is 0 Å². The molecule has 0 bridgehead atoms. The summed E-state index contributed by atoms with van der Waals surface area (Å²) in [7, 11) is 1.69. The molecule has 1 aliphatic carbocycles. The van der Waals surface area contributed by atoms with Crippen LogP contribution < -0.4 is 5.32 Å². The summed E-state index contributed by atoms with van der Waals surface area (Å²) in [6.07, 6.45) is 4.03. The maximum absolute atomic E-state index is 5.71. The lowest BCUT2D eigenvalue weighted by Crippen LogP contribution is -2.57. The molecule has 0 amide bonds. The van der Waals surface area contributed by atoms with Crippen molar-refractivity contribution in [1.29, 1.82) is 0 Å². The molecule has 0 spiro atoms. The van der Waals surface area contributed by atoms with Gasteiger partial charge in [-0.2, -0.15) is 0 Å². The van der Waals surface area contributed by atoms with Gasteiger partial charge in [0.05, 0.1) is 33.0 Å². The Morgan fingerprint density at radius 3 is 2.43 bits per heavy atom. The molecule has 0 aromatic rings. The predicted octanol–water partition coefficient (Wildman–Crippen LogP) is 1.13. The highest BCUT2D eigenvalue weighted by molar-refractivity contribution is 4.94. The van der Waals surface area contributed by atoms with Crippen molar-refractivity contribution in [2.75, 3.05) is 59.8 Å². The maximum atomic E-state index is 5.71. The zero-order chi connectivity index (χ0) is 14.9. The second kappa shape index (κ2) is 9.74. The van der Waals surface area contributed by atoms with Gasteiger partial charge >= 0.3 is 0 Å². The number of nitrogens with one attached hydrogen (secondary N) is 1. The molecular weight excluding hydrogens is 268 g/mol. The van der Waals surface area contributed by atoms with E-state index in [4.69, 9.17) is 14.2 Å². The van der Waals surface area contributed by atoms with Gasteiger partial charge < -0.3 is 19.5 Å². The Labute approximate surface area is 129 Å².